The summed E-state index contributed by atoms with van der Waals surface area (Å²) in [5.41, 5.74) is 6.26. The SMILES string of the molecule is CCNC(=O)c1cc(N)cc(Cl)c1Cl. The molecular weight excluding hydrogens is 223 g/mol. The Hall–Kier alpha value is -0.930. The first kappa shape index (κ1) is 11.1. The van der Waals surface area contributed by atoms with E-state index in [1.807, 2.05) is 6.92 Å². The van der Waals surface area contributed by atoms with Crippen LogP contribution in [0.2, 0.25) is 10.0 Å². The van der Waals surface area contributed by atoms with Crippen LogP contribution < -0.4 is 11.1 Å². The van der Waals surface area contributed by atoms with Crippen molar-refractivity contribution in [3.63, 3.8) is 0 Å². The number of hydrogen-bond acceptors (Lipinski definition) is 2. The van der Waals surface area contributed by atoms with Crippen LogP contribution >= 0.6 is 23.2 Å². The van der Waals surface area contributed by atoms with Crippen LogP contribution in [0.25, 0.3) is 0 Å². The summed E-state index contributed by atoms with van der Waals surface area (Å²) in [5.74, 6) is -0.272. The van der Waals surface area contributed by atoms with Gasteiger partial charge in [0, 0.05) is 12.2 Å². The molecule has 0 spiro atoms. The zero-order valence-electron chi connectivity index (χ0n) is 7.60. The molecule has 0 saturated heterocycles. The van der Waals surface area contributed by atoms with Gasteiger partial charge in [0.25, 0.3) is 5.91 Å². The first-order valence-electron chi connectivity index (χ1n) is 4.09. The van der Waals surface area contributed by atoms with Gasteiger partial charge in [-0.25, -0.2) is 0 Å². The molecule has 0 unspecified atom stereocenters. The van der Waals surface area contributed by atoms with Gasteiger partial charge >= 0.3 is 0 Å². The normalized spacial score (nSPS) is 9.93. The van der Waals surface area contributed by atoms with Crippen molar-refractivity contribution in [1.29, 1.82) is 0 Å². The third-order valence-electron chi connectivity index (χ3n) is 1.63. The summed E-state index contributed by atoms with van der Waals surface area (Å²) in [6, 6.07) is 3.01. The molecule has 1 rings (SSSR count). The van der Waals surface area contributed by atoms with E-state index >= 15 is 0 Å². The van der Waals surface area contributed by atoms with Gasteiger partial charge in [0.1, 0.15) is 0 Å². The van der Waals surface area contributed by atoms with Gasteiger partial charge in [0.15, 0.2) is 0 Å². The van der Waals surface area contributed by atoms with Crippen LogP contribution in [0, 0.1) is 0 Å². The predicted molar refractivity (Wildman–Crippen MR) is 58.9 cm³/mol. The highest BCUT2D eigenvalue weighted by Gasteiger charge is 2.12. The lowest BCUT2D eigenvalue weighted by atomic mass is 10.2. The summed E-state index contributed by atoms with van der Waals surface area (Å²) in [6.45, 7) is 2.35. The Kier molecular flexibility index (Phi) is 3.61. The van der Waals surface area contributed by atoms with Gasteiger partial charge in [0.05, 0.1) is 15.6 Å². The number of anilines is 1. The number of carbonyl (C=O) groups excluding carboxylic acids is 1. The molecule has 1 aromatic rings. The van der Waals surface area contributed by atoms with E-state index in [-0.39, 0.29) is 16.0 Å². The van der Waals surface area contributed by atoms with E-state index in [2.05, 4.69) is 5.32 Å². The van der Waals surface area contributed by atoms with Crippen molar-refractivity contribution in [3.8, 4) is 0 Å². The zero-order valence-corrected chi connectivity index (χ0v) is 9.12. The Bertz CT molecular complexity index is 366. The lowest BCUT2D eigenvalue weighted by molar-refractivity contribution is 0.0956. The number of halogens is 2. The summed E-state index contributed by atoms with van der Waals surface area (Å²) in [7, 11) is 0. The van der Waals surface area contributed by atoms with E-state index in [1.165, 1.54) is 12.1 Å². The van der Waals surface area contributed by atoms with E-state index in [0.29, 0.717) is 17.8 Å². The molecule has 0 fully saturated rings. The number of nitrogen functional groups attached to an aromatic ring is 1. The summed E-state index contributed by atoms with van der Waals surface area (Å²) < 4.78 is 0. The standard InChI is InChI=1S/C9H10Cl2N2O/c1-2-13-9(14)6-3-5(12)4-7(10)8(6)11/h3-4H,2,12H2,1H3,(H,13,14). The van der Waals surface area contributed by atoms with Crippen molar-refractivity contribution in [1.82, 2.24) is 5.32 Å². The Morgan fingerprint density at radius 2 is 2.14 bits per heavy atom. The smallest absolute Gasteiger partial charge is 0.252 e. The summed E-state index contributed by atoms with van der Waals surface area (Å²) in [4.78, 5) is 11.5. The monoisotopic (exact) mass is 232 g/mol. The van der Waals surface area contributed by atoms with E-state index < -0.39 is 0 Å². The third kappa shape index (κ3) is 2.30. The predicted octanol–water partition coefficient (Wildman–Crippen LogP) is 2.33. The Morgan fingerprint density at radius 3 is 2.71 bits per heavy atom. The van der Waals surface area contributed by atoms with Gasteiger partial charge in [-0.3, -0.25) is 4.79 Å². The second kappa shape index (κ2) is 4.53. The minimum Gasteiger partial charge on any atom is -0.399 e. The molecule has 0 bridgehead atoms. The van der Waals surface area contributed by atoms with Crippen molar-refractivity contribution >= 4 is 34.8 Å². The number of carbonyl (C=O) groups is 1. The minimum absolute atomic E-state index is 0.229. The first-order chi connectivity index (χ1) is 6.56. The number of nitrogens with one attached hydrogen (secondary N) is 1. The molecule has 14 heavy (non-hydrogen) atoms. The lowest BCUT2D eigenvalue weighted by Crippen LogP contribution is -2.23. The lowest BCUT2D eigenvalue weighted by Gasteiger charge is -2.06. The molecule has 0 aromatic heterocycles. The number of rotatable bonds is 2. The van der Waals surface area contributed by atoms with Gasteiger partial charge in [-0.2, -0.15) is 0 Å². The molecule has 0 aliphatic rings. The average Bonchev–Trinajstić information content (AvgIpc) is 2.11. The molecule has 0 aliphatic carbocycles. The molecule has 0 saturated carbocycles. The van der Waals surface area contributed by atoms with Crippen molar-refractivity contribution in [2.24, 2.45) is 0 Å². The number of amides is 1. The van der Waals surface area contributed by atoms with Crippen molar-refractivity contribution in [3.05, 3.63) is 27.7 Å². The van der Waals surface area contributed by atoms with Gasteiger partial charge in [-0.05, 0) is 19.1 Å². The van der Waals surface area contributed by atoms with E-state index in [9.17, 15) is 4.79 Å². The summed E-state index contributed by atoms with van der Waals surface area (Å²) in [6.07, 6.45) is 0. The Morgan fingerprint density at radius 1 is 1.50 bits per heavy atom. The number of nitrogens with two attached hydrogens (primary N) is 1. The summed E-state index contributed by atoms with van der Waals surface area (Å²) in [5, 5.41) is 3.13. The van der Waals surface area contributed by atoms with Crippen LogP contribution in [-0.4, -0.2) is 12.5 Å². The topological polar surface area (TPSA) is 55.1 Å². The van der Waals surface area contributed by atoms with Crippen molar-refractivity contribution < 1.29 is 4.79 Å². The maximum atomic E-state index is 11.5. The molecule has 76 valence electrons. The summed E-state index contributed by atoms with van der Waals surface area (Å²) >= 11 is 11.6. The Labute approximate surface area is 92.2 Å². The second-order valence-electron chi connectivity index (χ2n) is 2.72. The molecule has 3 nitrogen and oxygen atoms in total. The molecule has 3 N–H and O–H groups in total. The molecule has 0 radical (unpaired) electrons. The number of hydrogen-bond donors (Lipinski definition) is 2. The maximum absolute atomic E-state index is 11.5. The van der Waals surface area contributed by atoms with Gasteiger partial charge in [-0.15, -0.1) is 0 Å². The van der Waals surface area contributed by atoms with Crippen LogP contribution in [0.1, 0.15) is 17.3 Å². The van der Waals surface area contributed by atoms with E-state index in [1.54, 1.807) is 0 Å². The van der Waals surface area contributed by atoms with Crippen molar-refractivity contribution in [2.75, 3.05) is 12.3 Å². The van der Waals surface area contributed by atoms with Crippen LogP contribution in [0.15, 0.2) is 12.1 Å². The largest absolute Gasteiger partial charge is 0.399 e. The molecule has 0 atom stereocenters. The third-order valence-corrected chi connectivity index (χ3v) is 2.43. The quantitative estimate of drug-likeness (QED) is 0.770. The minimum atomic E-state index is -0.272. The molecule has 1 aromatic carbocycles. The number of benzene rings is 1. The van der Waals surface area contributed by atoms with Gasteiger partial charge < -0.3 is 11.1 Å². The van der Waals surface area contributed by atoms with Crippen LogP contribution in [0.4, 0.5) is 5.69 Å². The van der Waals surface area contributed by atoms with Gasteiger partial charge in [0.2, 0.25) is 0 Å². The van der Waals surface area contributed by atoms with Crippen LogP contribution in [0.3, 0.4) is 0 Å². The highest BCUT2D eigenvalue weighted by Crippen LogP contribution is 2.28. The second-order valence-corrected chi connectivity index (χ2v) is 3.51. The fraction of sp³-hybridized carbons (Fsp3) is 0.222. The molecule has 0 heterocycles. The maximum Gasteiger partial charge on any atom is 0.252 e. The fourth-order valence-electron chi connectivity index (χ4n) is 1.03. The van der Waals surface area contributed by atoms with Crippen LogP contribution in [0.5, 0.6) is 0 Å². The molecule has 0 aliphatic heterocycles. The molecule has 1 amide bonds. The van der Waals surface area contributed by atoms with E-state index in [4.69, 9.17) is 28.9 Å². The highest BCUT2D eigenvalue weighted by molar-refractivity contribution is 6.44. The van der Waals surface area contributed by atoms with Crippen molar-refractivity contribution in [2.45, 2.75) is 6.92 Å². The average molecular weight is 233 g/mol. The van der Waals surface area contributed by atoms with E-state index in [0.717, 1.165) is 0 Å². The van der Waals surface area contributed by atoms with Gasteiger partial charge in [-0.1, -0.05) is 23.2 Å². The van der Waals surface area contributed by atoms with Crippen LogP contribution in [-0.2, 0) is 0 Å². The first-order valence-corrected chi connectivity index (χ1v) is 4.84. The molecule has 5 heteroatoms. The Balaban J connectivity index is 3.13. The molecular formula is C9H10Cl2N2O. The highest BCUT2D eigenvalue weighted by atomic mass is 35.5. The fourth-order valence-corrected chi connectivity index (χ4v) is 1.45. The zero-order chi connectivity index (χ0) is 10.7.